The molecule has 0 aromatic heterocycles. The van der Waals surface area contributed by atoms with Gasteiger partial charge in [0, 0.05) is 23.4 Å². The highest BCUT2D eigenvalue weighted by molar-refractivity contribution is 6.03. The van der Waals surface area contributed by atoms with E-state index in [-0.39, 0.29) is 11.6 Å². The molecule has 0 aliphatic rings. The Hall–Kier alpha value is -2.17. The van der Waals surface area contributed by atoms with Crippen molar-refractivity contribution in [2.75, 3.05) is 5.32 Å². The molecule has 1 rings (SSSR count). The van der Waals surface area contributed by atoms with Gasteiger partial charge in [-0.2, -0.15) is 0 Å². The number of nitrogens with zero attached hydrogens (tertiary/aromatic N) is 1. The van der Waals surface area contributed by atoms with Gasteiger partial charge in [-0.3, -0.25) is 14.9 Å². The predicted molar refractivity (Wildman–Crippen MR) is 75.0 cm³/mol. The SMILES string of the molecule is CCCCC=C(C)C(=O)Nc1ccc([N+](=O)[O-])cc1. The third-order valence-corrected chi connectivity index (χ3v) is 2.70. The largest absolute Gasteiger partial charge is 0.322 e. The van der Waals surface area contributed by atoms with Crippen molar-refractivity contribution < 1.29 is 9.72 Å². The molecule has 19 heavy (non-hydrogen) atoms. The van der Waals surface area contributed by atoms with Gasteiger partial charge in [-0.15, -0.1) is 0 Å². The summed E-state index contributed by atoms with van der Waals surface area (Å²) in [4.78, 5) is 21.8. The Morgan fingerprint density at radius 3 is 2.53 bits per heavy atom. The molecule has 0 heterocycles. The van der Waals surface area contributed by atoms with Gasteiger partial charge in [-0.05, 0) is 25.5 Å². The monoisotopic (exact) mass is 262 g/mol. The van der Waals surface area contributed by atoms with Crippen molar-refractivity contribution in [3.63, 3.8) is 0 Å². The van der Waals surface area contributed by atoms with Gasteiger partial charge in [-0.25, -0.2) is 0 Å². The highest BCUT2D eigenvalue weighted by Gasteiger charge is 2.07. The van der Waals surface area contributed by atoms with Crippen LogP contribution in [-0.2, 0) is 4.79 Å². The van der Waals surface area contributed by atoms with E-state index >= 15 is 0 Å². The van der Waals surface area contributed by atoms with Crippen molar-refractivity contribution in [3.8, 4) is 0 Å². The van der Waals surface area contributed by atoms with Crippen LogP contribution in [0.4, 0.5) is 11.4 Å². The molecule has 0 radical (unpaired) electrons. The molecule has 1 aromatic rings. The van der Waals surface area contributed by atoms with Crippen LogP contribution >= 0.6 is 0 Å². The number of unbranched alkanes of at least 4 members (excludes halogenated alkanes) is 2. The van der Waals surface area contributed by atoms with Gasteiger partial charge in [0.05, 0.1) is 4.92 Å². The van der Waals surface area contributed by atoms with E-state index in [1.54, 1.807) is 6.92 Å². The van der Waals surface area contributed by atoms with Crippen molar-refractivity contribution >= 4 is 17.3 Å². The summed E-state index contributed by atoms with van der Waals surface area (Å²) in [6.07, 6.45) is 4.94. The Morgan fingerprint density at radius 2 is 2.00 bits per heavy atom. The molecule has 1 aromatic carbocycles. The van der Waals surface area contributed by atoms with Crippen LogP contribution in [0.3, 0.4) is 0 Å². The maximum Gasteiger partial charge on any atom is 0.269 e. The Kier molecular flexibility index (Phi) is 5.73. The second-order valence-electron chi connectivity index (χ2n) is 4.29. The first-order chi connectivity index (χ1) is 9.04. The number of hydrogen-bond donors (Lipinski definition) is 1. The Bertz CT molecular complexity index is 478. The number of carbonyl (C=O) groups is 1. The summed E-state index contributed by atoms with van der Waals surface area (Å²) in [6, 6.07) is 5.78. The maximum absolute atomic E-state index is 11.8. The van der Waals surface area contributed by atoms with Crippen LogP contribution in [-0.4, -0.2) is 10.8 Å². The zero-order valence-electron chi connectivity index (χ0n) is 11.2. The number of benzene rings is 1. The van der Waals surface area contributed by atoms with Crippen LogP contribution in [0, 0.1) is 10.1 Å². The van der Waals surface area contributed by atoms with Gasteiger partial charge in [0.2, 0.25) is 0 Å². The van der Waals surface area contributed by atoms with E-state index in [1.807, 2.05) is 6.08 Å². The molecular weight excluding hydrogens is 244 g/mol. The molecule has 0 atom stereocenters. The summed E-state index contributed by atoms with van der Waals surface area (Å²) in [5, 5.41) is 13.2. The Balaban J connectivity index is 2.61. The number of nitro groups is 1. The van der Waals surface area contributed by atoms with E-state index in [0.29, 0.717) is 11.3 Å². The summed E-state index contributed by atoms with van der Waals surface area (Å²) < 4.78 is 0. The lowest BCUT2D eigenvalue weighted by Gasteiger charge is -2.05. The van der Waals surface area contributed by atoms with Crippen LogP contribution in [0.15, 0.2) is 35.9 Å². The molecule has 0 bridgehead atoms. The summed E-state index contributed by atoms with van der Waals surface area (Å²) in [6.45, 7) is 3.86. The van der Waals surface area contributed by atoms with Crippen LogP contribution in [0.2, 0.25) is 0 Å². The smallest absolute Gasteiger partial charge is 0.269 e. The van der Waals surface area contributed by atoms with Gasteiger partial charge in [0.1, 0.15) is 0 Å². The van der Waals surface area contributed by atoms with E-state index in [2.05, 4.69) is 12.2 Å². The third-order valence-electron chi connectivity index (χ3n) is 2.70. The molecule has 0 spiro atoms. The minimum absolute atomic E-state index is 0.00760. The lowest BCUT2D eigenvalue weighted by molar-refractivity contribution is -0.384. The van der Waals surface area contributed by atoms with Crippen LogP contribution in [0.1, 0.15) is 33.1 Å². The molecule has 0 saturated carbocycles. The summed E-state index contributed by atoms with van der Waals surface area (Å²) >= 11 is 0. The fraction of sp³-hybridized carbons (Fsp3) is 0.357. The van der Waals surface area contributed by atoms with Gasteiger partial charge >= 0.3 is 0 Å². The first-order valence-electron chi connectivity index (χ1n) is 6.27. The summed E-state index contributed by atoms with van der Waals surface area (Å²) in [7, 11) is 0. The number of non-ortho nitro benzene ring substituents is 1. The predicted octanol–water partition coefficient (Wildman–Crippen LogP) is 3.67. The quantitative estimate of drug-likeness (QED) is 0.368. The minimum atomic E-state index is -0.471. The number of hydrogen-bond acceptors (Lipinski definition) is 3. The van der Waals surface area contributed by atoms with E-state index in [1.165, 1.54) is 24.3 Å². The molecule has 5 nitrogen and oxygen atoms in total. The second-order valence-corrected chi connectivity index (χ2v) is 4.29. The van der Waals surface area contributed by atoms with Crippen LogP contribution in [0.25, 0.3) is 0 Å². The topological polar surface area (TPSA) is 72.2 Å². The first kappa shape index (κ1) is 14.9. The summed E-state index contributed by atoms with van der Waals surface area (Å²) in [5.74, 6) is -0.176. The summed E-state index contributed by atoms with van der Waals surface area (Å²) in [5.41, 5.74) is 1.22. The molecule has 102 valence electrons. The number of rotatable bonds is 6. The molecule has 1 N–H and O–H groups in total. The molecule has 1 amide bonds. The van der Waals surface area contributed by atoms with Crippen molar-refractivity contribution in [3.05, 3.63) is 46.0 Å². The fourth-order valence-corrected chi connectivity index (χ4v) is 1.51. The average molecular weight is 262 g/mol. The second kappa shape index (κ2) is 7.31. The number of anilines is 1. The minimum Gasteiger partial charge on any atom is -0.322 e. The van der Waals surface area contributed by atoms with Gasteiger partial charge in [0.25, 0.3) is 11.6 Å². The van der Waals surface area contributed by atoms with Crippen molar-refractivity contribution in [2.24, 2.45) is 0 Å². The van der Waals surface area contributed by atoms with Gasteiger partial charge < -0.3 is 5.32 Å². The first-order valence-corrected chi connectivity index (χ1v) is 6.27. The van der Waals surface area contributed by atoms with E-state index < -0.39 is 4.92 Å². The van der Waals surface area contributed by atoms with E-state index in [9.17, 15) is 14.9 Å². The molecule has 0 unspecified atom stereocenters. The van der Waals surface area contributed by atoms with Crippen molar-refractivity contribution in [2.45, 2.75) is 33.1 Å². The number of nitro benzene ring substituents is 1. The maximum atomic E-state index is 11.8. The van der Waals surface area contributed by atoms with Crippen LogP contribution in [0.5, 0.6) is 0 Å². The number of nitrogens with one attached hydrogen (secondary N) is 1. The molecule has 0 aliphatic carbocycles. The highest BCUT2D eigenvalue weighted by Crippen LogP contribution is 2.16. The Morgan fingerprint density at radius 1 is 1.37 bits per heavy atom. The van der Waals surface area contributed by atoms with Gasteiger partial charge in [0.15, 0.2) is 0 Å². The Labute approximate surface area is 112 Å². The van der Waals surface area contributed by atoms with E-state index in [4.69, 9.17) is 0 Å². The number of carbonyl (C=O) groups excluding carboxylic acids is 1. The average Bonchev–Trinajstić information content (AvgIpc) is 2.39. The fourth-order valence-electron chi connectivity index (χ4n) is 1.51. The van der Waals surface area contributed by atoms with Crippen molar-refractivity contribution in [1.29, 1.82) is 0 Å². The molecule has 0 saturated heterocycles. The van der Waals surface area contributed by atoms with Crippen LogP contribution < -0.4 is 5.32 Å². The van der Waals surface area contributed by atoms with Crippen molar-refractivity contribution in [1.82, 2.24) is 0 Å². The molecule has 0 fully saturated rings. The normalized spacial score (nSPS) is 11.2. The van der Waals surface area contributed by atoms with Gasteiger partial charge in [-0.1, -0.05) is 25.8 Å². The molecular formula is C14H18N2O3. The number of amides is 1. The zero-order valence-corrected chi connectivity index (χ0v) is 11.2. The molecule has 5 heteroatoms. The zero-order chi connectivity index (χ0) is 14.3. The lowest BCUT2D eigenvalue weighted by Crippen LogP contribution is -2.12. The molecule has 0 aliphatic heterocycles. The number of allylic oxidation sites excluding steroid dienone is 1. The standard InChI is InChI=1S/C14H18N2O3/c1-3-4-5-6-11(2)14(17)15-12-7-9-13(10-8-12)16(18)19/h6-10H,3-5H2,1-2H3,(H,15,17). The lowest BCUT2D eigenvalue weighted by atomic mass is 10.1. The van der Waals surface area contributed by atoms with E-state index in [0.717, 1.165) is 19.3 Å². The highest BCUT2D eigenvalue weighted by atomic mass is 16.6. The third kappa shape index (κ3) is 4.91.